The Hall–Kier alpha value is -2.01. The SMILES string of the molecule is COc1cccc(C(O)CCc2cnn(C)c2)c1OC. The van der Waals surface area contributed by atoms with Crippen LogP contribution in [0.4, 0.5) is 0 Å². The van der Waals surface area contributed by atoms with Crippen molar-refractivity contribution in [3.63, 3.8) is 0 Å². The second-order valence-electron chi connectivity index (χ2n) is 4.66. The van der Waals surface area contributed by atoms with Crippen molar-refractivity contribution in [3.8, 4) is 11.5 Å². The number of aliphatic hydroxyl groups excluding tert-OH is 1. The molecule has 1 aromatic carbocycles. The molecule has 5 heteroatoms. The highest BCUT2D eigenvalue weighted by molar-refractivity contribution is 5.47. The van der Waals surface area contributed by atoms with Crippen molar-refractivity contribution in [2.75, 3.05) is 14.2 Å². The van der Waals surface area contributed by atoms with E-state index >= 15 is 0 Å². The van der Waals surface area contributed by atoms with Gasteiger partial charge in [-0.15, -0.1) is 0 Å². The van der Waals surface area contributed by atoms with E-state index in [9.17, 15) is 5.11 Å². The maximum atomic E-state index is 10.4. The number of benzene rings is 1. The highest BCUT2D eigenvalue weighted by Crippen LogP contribution is 2.35. The van der Waals surface area contributed by atoms with Gasteiger partial charge < -0.3 is 14.6 Å². The minimum atomic E-state index is -0.597. The zero-order valence-electron chi connectivity index (χ0n) is 12.0. The van der Waals surface area contributed by atoms with E-state index < -0.39 is 6.10 Å². The lowest BCUT2D eigenvalue weighted by molar-refractivity contribution is 0.162. The lowest BCUT2D eigenvalue weighted by Gasteiger charge is -2.16. The molecule has 1 N–H and O–H groups in total. The van der Waals surface area contributed by atoms with Gasteiger partial charge in [0.25, 0.3) is 0 Å². The minimum Gasteiger partial charge on any atom is -0.493 e. The number of rotatable bonds is 6. The maximum absolute atomic E-state index is 10.4. The molecule has 1 unspecified atom stereocenters. The second kappa shape index (κ2) is 6.43. The molecule has 1 aromatic heterocycles. The van der Waals surface area contributed by atoms with Gasteiger partial charge in [-0.1, -0.05) is 12.1 Å². The summed E-state index contributed by atoms with van der Waals surface area (Å²) in [6.07, 6.45) is 4.54. The van der Waals surface area contributed by atoms with Crippen LogP contribution in [0.3, 0.4) is 0 Å². The van der Waals surface area contributed by atoms with Crippen LogP contribution in [0.2, 0.25) is 0 Å². The Morgan fingerprint density at radius 2 is 2.10 bits per heavy atom. The normalized spacial score (nSPS) is 12.2. The molecule has 0 amide bonds. The predicted octanol–water partition coefficient (Wildman–Crippen LogP) is 2.10. The fourth-order valence-corrected chi connectivity index (χ4v) is 2.23. The fourth-order valence-electron chi connectivity index (χ4n) is 2.23. The number of hydrogen-bond donors (Lipinski definition) is 1. The van der Waals surface area contributed by atoms with E-state index in [1.54, 1.807) is 18.9 Å². The van der Waals surface area contributed by atoms with E-state index in [0.717, 1.165) is 17.5 Å². The van der Waals surface area contributed by atoms with Crippen LogP contribution in [-0.4, -0.2) is 29.1 Å². The van der Waals surface area contributed by atoms with Crippen molar-refractivity contribution < 1.29 is 14.6 Å². The van der Waals surface area contributed by atoms with Crippen LogP contribution in [0.25, 0.3) is 0 Å². The molecule has 1 heterocycles. The lowest BCUT2D eigenvalue weighted by atomic mass is 10.0. The Morgan fingerprint density at radius 1 is 1.30 bits per heavy atom. The average molecular weight is 276 g/mol. The smallest absolute Gasteiger partial charge is 0.166 e. The average Bonchev–Trinajstić information content (AvgIpc) is 2.89. The number of hydrogen-bond acceptors (Lipinski definition) is 4. The van der Waals surface area contributed by atoms with Crippen LogP contribution in [-0.2, 0) is 13.5 Å². The van der Waals surface area contributed by atoms with E-state index in [1.165, 1.54) is 0 Å². The zero-order chi connectivity index (χ0) is 14.5. The minimum absolute atomic E-state index is 0.591. The van der Waals surface area contributed by atoms with Crippen molar-refractivity contribution in [1.82, 2.24) is 9.78 Å². The highest BCUT2D eigenvalue weighted by Gasteiger charge is 2.17. The predicted molar refractivity (Wildman–Crippen MR) is 76.0 cm³/mol. The van der Waals surface area contributed by atoms with Gasteiger partial charge in [-0.05, 0) is 24.5 Å². The Morgan fingerprint density at radius 3 is 2.70 bits per heavy atom. The second-order valence-corrected chi connectivity index (χ2v) is 4.66. The summed E-state index contributed by atoms with van der Waals surface area (Å²) >= 11 is 0. The molecule has 2 rings (SSSR count). The molecule has 0 fully saturated rings. The number of para-hydroxylation sites is 1. The molecule has 5 nitrogen and oxygen atoms in total. The summed E-state index contributed by atoms with van der Waals surface area (Å²) in [5, 5.41) is 14.5. The molecule has 0 saturated carbocycles. The highest BCUT2D eigenvalue weighted by atomic mass is 16.5. The number of aliphatic hydroxyl groups is 1. The first-order valence-electron chi connectivity index (χ1n) is 6.52. The van der Waals surface area contributed by atoms with Crippen LogP contribution in [0.1, 0.15) is 23.7 Å². The molecule has 2 aromatic rings. The van der Waals surface area contributed by atoms with Crippen molar-refractivity contribution in [2.24, 2.45) is 7.05 Å². The molecule has 0 saturated heterocycles. The van der Waals surface area contributed by atoms with Crippen LogP contribution >= 0.6 is 0 Å². The third kappa shape index (κ3) is 3.11. The molecule has 0 bridgehead atoms. The van der Waals surface area contributed by atoms with Gasteiger partial charge in [-0.3, -0.25) is 4.68 Å². The van der Waals surface area contributed by atoms with E-state index in [0.29, 0.717) is 17.9 Å². The number of aromatic nitrogens is 2. The van der Waals surface area contributed by atoms with Gasteiger partial charge in [0, 0.05) is 18.8 Å². The first-order valence-corrected chi connectivity index (χ1v) is 6.52. The molecule has 0 radical (unpaired) electrons. The molecule has 108 valence electrons. The van der Waals surface area contributed by atoms with Gasteiger partial charge in [0.2, 0.25) is 0 Å². The number of ether oxygens (including phenoxy) is 2. The summed E-state index contributed by atoms with van der Waals surface area (Å²) in [7, 11) is 5.05. The number of nitrogens with zero attached hydrogens (tertiary/aromatic N) is 2. The third-order valence-electron chi connectivity index (χ3n) is 3.26. The van der Waals surface area contributed by atoms with Gasteiger partial charge in [0.1, 0.15) is 0 Å². The topological polar surface area (TPSA) is 56.5 Å². The molecule has 0 spiro atoms. The number of methoxy groups -OCH3 is 2. The zero-order valence-corrected chi connectivity index (χ0v) is 12.0. The van der Waals surface area contributed by atoms with Crippen molar-refractivity contribution in [2.45, 2.75) is 18.9 Å². The van der Waals surface area contributed by atoms with Crippen LogP contribution < -0.4 is 9.47 Å². The Balaban J connectivity index is 2.10. The molecular formula is C15H20N2O3. The first kappa shape index (κ1) is 14.4. The molecule has 0 aliphatic heterocycles. The Labute approximate surface area is 118 Å². The summed E-state index contributed by atoms with van der Waals surface area (Å²) in [5.41, 5.74) is 1.85. The van der Waals surface area contributed by atoms with E-state index in [1.807, 2.05) is 37.6 Å². The van der Waals surface area contributed by atoms with Gasteiger partial charge >= 0.3 is 0 Å². The van der Waals surface area contributed by atoms with Gasteiger partial charge in [0.05, 0.1) is 26.5 Å². The summed E-state index contributed by atoms with van der Waals surface area (Å²) in [6, 6.07) is 5.52. The van der Waals surface area contributed by atoms with E-state index in [-0.39, 0.29) is 0 Å². The Bertz CT molecular complexity index is 566. The summed E-state index contributed by atoms with van der Waals surface area (Å²) in [4.78, 5) is 0. The lowest BCUT2D eigenvalue weighted by Crippen LogP contribution is -2.03. The standard InChI is InChI=1S/C15H20N2O3/c1-17-10-11(9-16-17)7-8-13(18)12-5-4-6-14(19-2)15(12)20-3/h4-6,9-10,13,18H,7-8H2,1-3H3. The molecule has 1 atom stereocenters. The molecule has 20 heavy (non-hydrogen) atoms. The summed E-state index contributed by atoms with van der Waals surface area (Å²) < 4.78 is 12.3. The molecule has 0 aliphatic carbocycles. The van der Waals surface area contributed by atoms with Crippen molar-refractivity contribution >= 4 is 0 Å². The monoisotopic (exact) mass is 276 g/mol. The summed E-state index contributed by atoms with van der Waals surface area (Å²) in [6.45, 7) is 0. The van der Waals surface area contributed by atoms with Gasteiger partial charge in [-0.2, -0.15) is 5.10 Å². The third-order valence-corrected chi connectivity index (χ3v) is 3.26. The summed E-state index contributed by atoms with van der Waals surface area (Å²) in [5.74, 6) is 1.22. The van der Waals surface area contributed by atoms with Gasteiger partial charge in [0.15, 0.2) is 11.5 Å². The largest absolute Gasteiger partial charge is 0.493 e. The Kier molecular flexibility index (Phi) is 4.63. The van der Waals surface area contributed by atoms with E-state index in [2.05, 4.69) is 5.10 Å². The van der Waals surface area contributed by atoms with Gasteiger partial charge in [-0.25, -0.2) is 0 Å². The first-order chi connectivity index (χ1) is 9.65. The fraction of sp³-hybridized carbons (Fsp3) is 0.400. The van der Waals surface area contributed by atoms with Crippen LogP contribution in [0.5, 0.6) is 11.5 Å². The van der Waals surface area contributed by atoms with Crippen molar-refractivity contribution in [1.29, 1.82) is 0 Å². The van der Waals surface area contributed by atoms with Crippen LogP contribution in [0, 0.1) is 0 Å². The molecule has 0 aliphatic rings. The number of aryl methyl sites for hydroxylation is 2. The van der Waals surface area contributed by atoms with Crippen molar-refractivity contribution in [3.05, 3.63) is 41.7 Å². The quantitative estimate of drug-likeness (QED) is 0.878. The maximum Gasteiger partial charge on any atom is 0.166 e. The van der Waals surface area contributed by atoms with E-state index in [4.69, 9.17) is 9.47 Å². The van der Waals surface area contributed by atoms with Crippen LogP contribution in [0.15, 0.2) is 30.6 Å². The molecular weight excluding hydrogens is 256 g/mol.